The molecule has 0 fully saturated rings. The van der Waals surface area contributed by atoms with E-state index in [1.54, 1.807) is 39.1 Å². The van der Waals surface area contributed by atoms with Gasteiger partial charge < -0.3 is 15.7 Å². The second-order valence-electron chi connectivity index (χ2n) is 5.05. The Morgan fingerprint density at radius 1 is 1.47 bits per heavy atom. The lowest BCUT2D eigenvalue weighted by atomic mass is 10.1. The quantitative estimate of drug-likeness (QED) is 0.780. The van der Waals surface area contributed by atoms with Gasteiger partial charge in [-0.25, -0.2) is 0 Å². The average molecular weight is 236 g/mol. The third-order valence-corrected chi connectivity index (χ3v) is 2.49. The van der Waals surface area contributed by atoms with Crippen LogP contribution in [0, 0.1) is 6.92 Å². The number of likely N-dealkylation sites (N-methyl/N-ethyl adjacent to an activating group) is 1. The Labute approximate surface area is 102 Å². The van der Waals surface area contributed by atoms with Crippen molar-refractivity contribution >= 4 is 11.6 Å². The molecular formula is C13H20N2O2. The Balaban J connectivity index is 2.85. The van der Waals surface area contributed by atoms with Gasteiger partial charge in [-0.2, -0.15) is 0 Å². The Morgan fingerprint density at radius 2 is 2.06 bits per heavy atom. The first kappa shape index (κ1) is 13.5. The van der Waals surface area contributed by atoms with Crippen LogP contribution in [0.15, 0.2) is 18.2 Å². The van der Waals surface area contributed by atoms with E-state index in [2.05, 4.69) is 0 Å². The molecule has 0 aromatic heterocycles. The number of rotatable bonds is 3. The molecule has 0 atom stereocenters. The van der Waals surface area contributed by atoms with Crippen molar-refractivity contribution in [2.24, 2.45) is 0 Å². The van der Waals surface area contributed by atoms with Crippen molar-refractivity contribution in [1.29, 1.82) is 0 Å². The number of anilines is 1. The number of aliphatic hydroxyl groups is 1. The molecule has 0 bridgehead atoms. The number of nitrogens with two attached hydrogens (primary N) is 1. The number of nitrogens with zero attached hydrogens (tertiary/aromatic N) is 1. The summed E-state index contributed by atoms with van der Waals surface area (Å²) in [5.41, 5.74) is 6.95. The molecule has 0 saturated heterocycles. The van der Waals surface area contributed by atoms with Crippen molar-refractivity contribution in [3.8, 4) is 0 Å². The number of aryl methyl sites for hydroxylation is 1. The molecular weight excluding hydrogens is 216 g/mol. The monoisotopic (exact) mass is 236 g/mol. The molecule has 0 heterocycles. The molecule has 0 aliphatic heterocycles. The van der Waals surface area contributed by atoms with E-state index in [0.29, 0.717) is 11.3 Å². The minimum atomic E-state index is -0.896. The van der Waals surface area contributed by atoms with Crippen molar-refractivity contribution in [3.05, 3.63) is 29.3 Å². The molecule has 1 aromatic carbocycles. The zero-order chi connectivity index (χ0) is 13.2. The smallest absolute Gasteiger partial charge is 0.253 e. The molecule has 3 N–H and O–H groups in total. The van der Waals surface area contributed by atoms with E-state index in [4.69, 9.17) is 5.73 Å². The lowest BCUT2D eigenvalue weighted by Crippen LogP contribution is -2.39. The number of hydrogen-bond donors (Lipinski definition) is 2. The number of carbonyl (C=O) groups is 1. The topological polar surface area (TPSA) is 66.6 Å². The highest BCUT2D eigenvalue weighted by atomic mass is 16.3. The Hall–Kier alpha value is -1.55. The van der Waals surface area contributed by atoms with Gasteiger partial charge in [0, 0.05) is 24.8 Å². The van der Waals surface area contributed by atoms with Crippen molar-refractivity contribution in [3.63, 3.8) is 0 Å². The summed E-state index contributed by atoms with van der Waals surface area (Å²) >= 11 is 0. The summed E-state index contributed by atoms with van der Waals surface area (Å²) in [5.74, 6) is -0.116. The van der Waals surface area contributed by atoms with E-state index in [9.17, 15) is 9.90 Å². The van der Waals surface area contributed by atoms with Gasteiger partial charge in [-0.3, -0.25) is 4.79 Å². The first-order chi connectivity index (χ1) is 7.70. The normalized spacial score (nSPS) is 11.4. The van der Waals surface area contributed by atoms with Crippen LogP contribution in [0.1, 0.15) is 29.8 Å². The summed E-state index contributed by atoms with van der Waals surface area (Å²) in [6.45, 7) is 5.49. The summed E-state index contributed by atoms with van der Waals surface area (Å²) in [7, 11) is 1.67. The second-order valence-corrected chi connectivity index (χ2v) is 5.05. The van der Waals surface area contributed by atoms with E-state index in [1.807, 2.05) is 6.92 Å². The van der Waals surface area contributed by atoms with E-state index in [1.165, 1.54) is 4.90 Å². The number of hydrogen-bond acceptors (Lipinski definition) is 3. The highest BCUT2D eigenvalue weighted by Crippen LogP contribution is 2.15. The number of benzene rings is 1. The summed E-state index contributed by atoms with van der Waals surface area (Å²) in [4.78, 5) is 13.6. The van der Waals surface area contributed by atoms with E-state index < -0.39 is 5.60 Å². The maximum absolute atomic E-state index is 12.1. The third-order valence-electron chi connectivity index (χ3n) is 2.49. The Bertz CT molecular complexity index is 422. The maximum Gasteiger partial charge on any atom is 0.253 e. The Kier molecular flexibility index (Phi) is 3.78. The minimum absolute atomic E-state index is 0.116. The van der Waals surface area contributed by atoms with Gasteiger partial charge in [0.05, 0.1) is 5.60 Å². The summed E-state index contributed by atoms with van der Waals surface area (Å²) in [5, 5.41) is 9.67. The zero-order valence-corrected chi connectivity index (χ0v) is 10.8. The van der Waals surface area contributed by atoms with Gasteiger partial charge in [0.2, 0.25) is 0 Å². The molecule has 0 aliphatic carbocycles. The first-order valence-electron chi connectivity index (χ1n) is 5.55. The molecule has 4 heteroatoms. The summed E-state index contributed by atoms with van der Waals surface area (Å²) in [6, 6.07) is 5.19. The lowest BCUT2D eigenvalue weighted by molar-refractivity contribution is 0.0368. The van der Waals surface area contributed by atoms with Gasteiger partial charge in [0.15, 0.2) is 0 Å². The van der Waals surface area contributed by atoms with E-state index >= 15 is 0 Å². The standard InChI is InChI=1S/C13H20N2O2/c1-9-7-10(5-6-11(9)14)12(16)15(4)8-13(2,3)17/h5-7,17H,8,14H2,1-4H3. The maximum atomic E-state index is 12.1. The van der Waals surface area contributed by atoms with Gasteiger partial charge in [0.1, 0.15) is 0 Å². The highest BCUT2D eigenvalue weighted by Gasteiger charge is 2.20. The van der Waals surface area contributed by atoms with Crippen molar-refractivity contribution in [1.82, 2.24) is 4.90 Å². The highest BCUT2D eigenvalue weighted by molar-refractivity contribution is 5.94. The van der Waals surface area contributed by atoms with Crippen LogP contribution in [0.25, 0.3) is 0 Å². The van der Waals surface area contributed by atoms with Crippen LogP contribution in [0.4, 0.5) is 5.69 Å². The number of carbonyl (C=O) groups excluding carboxylic acids is 1. The molecule has 17 heavy (non-hydrogen) atoms. The molecule has 0 aliphatic rings. The molecule has 0 saturated carbocycles. The number of amides is 1. The Morgan fingerprint density at radius 3 is 2.53 bits per heavy atom. The zero-order valence-electron chi connectivity index (χ0n) is 10.8. The number of nitrogen functional groups attached to an aromatic ring is 1. The SMILES string of the molecule is Cc1cc(C(=O)N(C)CC(C)(C)O)ccc1N. The first-order valence-corrected chi connectivity index (χ1v) is 5.55. The fraction of sp³-hybridized carbons (Fsp3) is 0.462. The van der Waals surface area contributed by atoms with E-state index in [-0.39, 0.29) is 12.5 Å². The van der Waals surface area contributed by atoms with Crippen LogP contribution in [0.2, 0.25) is 0 Å². The predicted molar refractivity (Wildman–Crippen MR) is 68.8 cm³/mol. The second kappa shape index (κ2) is 4.75. The molecule has 1 aromatic rings. The van der Waals surface area contributed by atoms with Crippen LogP contribution >= 0.6 is 0 Å². The van der Waals surface area contributed by atoms with Crippen molar-refractivity contribution < 1.29 is 9.90 Å². The van der Waals surface area contributed by atoms with Crippen LogP contribution in [-0.4, -0.2) is 35.1 Å². The average Bonchev–Trinajstić information content (AvgIpc) is 2.18. The van der Waals surface area contributed by atoms with Gasteiger partial charge in [-0.1, -0.05) is 0 Å². The van der Waals surface area contributed by atoms with Crippen LogP contribution in [0.3, 0.4) is 0 Å². The molecule has 1 rings (SSSR count). The fourth-order valence-corrected chi connectivity index (χ4v) is 1.68. The van der Waals surface area contributed by atoms with Crippen LogP contribution < -0.4 is 5.73 Å². The molecule has 0 spiro atoms. The minimum Gasteiger partial charge on any atom is -0.399 e. The largest absolute Gasteiger partial charge is 0.399 e. The third kappa shape index (κ3) is 3.75. The lowest BCUT2D eigenvalue weighted by Gasteiger charge is -2.25. The van der Waals surface area contributed by atoms with Gasteiger partial charge in [-0.15, -0.1) is 0 Å². The van der Waals surface area contributed by atoms with Crippen LogP contribution in [0.5, 0.6) is 0 Å². The fourth-order valence-electron chi connectivity index (χ4n) is 1.68. The molecule has 0 unspecified atom stereocenters. The van der Waals surface area contributed by atoms with Crippen molar-refractivity contribution in [2.45, 2.75) is 26.4 Å². The molecule has 0 radical (unpaired) electrons. The van der Waals surface area contributed by atoms with Gasteiger partial charge in [0.25, 0.3) is 5.91 Å². The summed E-state index contributed by atoms with van der Waals surface area (Å²) in [6.07, 6.45) is 0. The van der Waals surface area contributed by atoms with Crippen LogP contribution in [-0.2, 0) is 0 Å². The molecule has 4 nitrogen and oxygen atoms in total. The predicted octanol–water partition coefficient (Wildman–Crippen LogP) is 1.42. The van der Waals surface area contributed by atoms with Gasteiger partial charge >= 0.3 is 0 Å². The summed E-state index contributed by atoms with van der Waals surface area (Å²) < 4.78 is 0. The van der Waals surface area contributed by atoms with Crippen molar-refractivity contribution in [2.75, 3.05) is 19.3 Å². The van der Waals surface area contributed by atoms with E-state index in [0.717, 1.165) is 5.56 Å². The van der Waals surface area contributed by atoms with Gasteiger partial charge in [-0.05, 0) is 44.5 Å². The molecule has 94 valence electrons. The molecule has 1 amide bonds.